The van der Waals surface area contributed by atoms with Gasteiger partial charge in [-0.25, -0.2) is 0 Å². The Morgan fingerprint density at radius 3 is 2.00 bits per heavy atom. The van der Waals surface area contributed by atoms with E-state index in [9.17, 15) is 9.90 Å². The highest BCUT2D eigenvalue weighted by atomic mass is 16.3. The van der Waals surface area contributed by atoms with Crippen molar-refractivity contribution in [2.75, 3.05) is 18.0 Å². The second-order valence-corrected chi connectivity index (χ2v) is 13.7. The van der Waals surface area contributed by atoms with Gasteiger partial charge in [-0.2, -0.15) is 4.58 Å². The molecule has 2 aromatic rings. The van der Waals surface area contributed by atoms with Crippen LogP contribution in [0.15, 0.2) is 83.3 Å². The van der Waals surface area contributed by atoms with Gasteiger partial charge in [0.2, 0.25) is 5.69 Å². The predicted molar refractivity (Wildman–Crippen MR) is 170 cm³/mol. The van der Waals surface area contributed by atoms with Gasteiger partial charge in [0.1, 0.15) is 6.54 Å². The predicted octanol–water partition coefficient (Wildman–Crippen LogP) is 7.78. The van der Waals surface area contributed by atoms with Crippen LogP contribution >= 0.6 is 0 Å². The molecule has 0 saturated heterocycles. The maximum atomic E-state index is 13.7. The standard InChI is InChI=1S/C38H46N2O2/c1-37(2)29-19-13-15-21-31(29)39-23-17-11-9-7-5-6-8-10-12-18-24-40-32-22-16-14-20-30(32)38(3,4)34(40)26-28-35(41)27(36(28)42)25-33(37)39/h13-16,19-22,25-26H,5-12,17-18,23-24H2,1-4H3. The van der Waals surface area contributed by atoms with Crippen molar-refractivity contribution < 1.29 is 14.5 Å². The first kappa shape index (κ1) is 28.7. The molecule has 7 rings (SSSR count). The molecular formula is C38H46N2O2. The highest BCUT2D eigenvalue weighted by molar-refractivity contribution is 6.24. The van der Waals surface area contributed by atoms with Gasteiger partial charge in [0, 0.05) is 58.6 Å². The van der Waals surface area contributed by atoms with Gasteiger partial charge in [-0.3, -0.25) is 4.79 Å². The molecule has 5 aliphatic rings. The van der Waals surface area contributed by atoms with Gasteiger partial charge >= 0.3 is 0 Å². The molecule has 0 radical (unpaired) electrons. The van der Waals surface area contributed by atoms with Crippen LogP contribution in [0, 0.1) is 0 Å². The minimum absolute atomic E-state index is 0.121. The molecule has 0 aromatic heterocycles. The summed E-state index contributed by atoms with van der Waals surface area (Å²) in [6.45, 7) is 10.7. The van der Waals surface area contributed by atoms with E-state index in [4.69, 9.17) is 0 Å². The lowest BCUT2D eigenvalue weighted by Gasteiger charge is -2.33. The number of anilines is 1. The number of allylic oxidation sites excluding steroid dienone is 5. The third kappa shape index (κ3) is 4.87. The molecule has 2 bridgehead atoms. The van der Waals surface area contributed by atoms with Gasteiger partial charge in [-0.05, 0) is 44.4 Å². The van der Waals surface area contributed by atoms with E-state index in [1.807, 2.05) is 12.2 Å². The number of hydrogen-bond acceptors (Lipinski definition) is 3. The Balaban J connectivity index is 1.41. The van der Waals surface area contributed by atoms with Crippen LogP contribution in [0.5, 0.6) is 0 Å². The zero-order valence-corrected chi connectivity index (χ0v) is 26.0. The highest BCUT2D eigenvalue weighted by Crippen LogP contribution is 2.49. The minimum atomic E-state index is -0.278. The number of benzene rings is 2. The van der Waals surface area contributed by atoms with Crippen LogP contribution in [-0.2, 0) is 15.6 Å². The summed E-state index contributed by atoms with van der Waals surface area (Å²) in [5.41, 5.74) is 7.16. The summed E-state index contributed by atoms with van der Waals surface area (Å²) >= 11 is 0. The molecule has 0 saturated carbocycles. The first-order chi connectivity index (χ1) is 20.2. The Kier molecular flexibility index (Phi) is 7.76. The summed E-state index contributed by atoms with van der Waals surface area (Å²) in [7, 11) is 0. The summed E-state index contributed by atoms with van der Waals surface area (Å²) in [5, 5.41) is 13.7. The van der Waals surface area contributed by atoms with E-state index in [1.54, 1.807) is 0 Å². The number of nitrogens with zero attached hydrogens (tertiary/aromatic N) is 2. The van der Waals surface area contributed by atoms with Crippen molar-refractivity contribution in [3.63, 3.8) is 0 Å². The molecule has 4 aliphatic heterocycles. The van der Waals surface area contributed by atoms with Crippen LogP contribution in [-0.4, -0.2) is 29.2 Å². The average Bonchev–Trinajstić information content (AvgIpc) is 3.33. The fraction of sp³-hybridized carbons (Fsp3) is 0.474. The van der Waals surface area contributed by atoms with E-state index in [2.05, 4.69) is 85.7 Å². The number of carbonyl (C=O) groups excluding carboxylic acids is 1. The molecule has 0 amide bonds. The first-order valence-electron chi connectivity index (χ1n) is 16.2. The van der Waals surface area contributed by atoms with Gasteiger partial charge in [0.25, 0.3) is 0 Å². The van der Waals surface area contributed by atoms with Crippen LogP contribution in [0.25, 0.3) is 0 Å². The summed E-state index contributed by atoms with van der Waals surface area (Å²) in [6.07, 6.45) is 16.3. The molecule has 0 unspecified atom stereocenters. The fourth-order valence-corrected chi connectivity index (χ4v) is 7.61. The number of hydrogen-bond donors (Lipinski definition) is 0. The molecule has 4 heterocycles. The topological polar surface area (TPSA) is 46.4 Å². The summed E-state index contributed by atoms with van der Waals surface area (Å²) in [4.78, 5) is 16.1. The number of Topliss-reactive ketones (excluding diaryl/α,β-unsaturated/α-hetero) is 1. The average molecular weight is 563 g/mol. The SMILES string of the molecule is CC1(C)C2=[N+](CCCCCCCCCCCCN3/C(=C/C4=C([O-])C(=C2)C4=O)C(C)(C)c2ccccc23)c2ccccc21. The van der Waals surface area contributed by atoms with Crippen molar-refractivity contribution in [1.29, 1.82) is 0 Å². The quantitative estimate of drug-likeness (QED) is 0.308. The Bertz CT molecular complexity index is 1520. The van der Waals surface area contributed by atoms with E-state index in [1.165, 1.54) is 73.9 Å². The number of carbonyl (C=O) groups is 1. The summed E-state index contributed by atoms with van der Waals surface area (Å²) in [6, 6.07) is 17.1. The maximum Gasteiger partial charge on any atom is 0.209 e. The van der Waals surface area contributed by atoms with Gasteiger partial charge in [-0.15, -0.1) is 0 Å². The van der Waals surface area contributed by atoms with E-state index in [0.717, 1.165) is 37.3 Å². The molecule has 1 aliphatic carbocycles. The molecule has 4 heteroatoms. The van der Waals surface area contributed by atoms with E-state index < -0.39 is 0 Å². The number of fused-ring (bicyclic) bond motifs is 13. The lowest BCUT2D eigenvalue weighted by molar-refractivity contribution is -0.438. The van der Waals surface area contributed by atoms with Crippen LogP contribution < -0.4 is 10.0 Å². The number of rotatable bonds is 0. The molecule has 0 fully saturated rings. The Labute approximate surface area is 252 Å². The van der Waals surface area contributed by atoms with Gasteiger partial charge in [0.05, 0.1) is 5.41 Å². The van der Waals surface area contributed by atoms with Gasteiger partial charge in [0.15, 0.2) is 11.5 Å². The third-order valence-corrected chi connectivity index (χ3v) is 10.2. The monoisotopic (exact) mass is 562 g/mol. The molecule has 4 nitrogen and oxygen atoms in total. The van der Waals surface area contributed by atoms with Crippen LogP contribution in [0.2, 0.25) is 0 Å². The first-order valence-corrected chi connectivity index (χ1v) is 16.2. The van der Waals surface area contributed by atoms with Crippen molar-refractivity contribution in [2.24, 2.45) is 0 Å². The molecule has 2 aromatic carbocycles. The van der Waals surface area contributed by atoms with E-state index in [-0.39, 0.29) is 22.4 Å². The zero-order chi connectivity index (χ0) is 29.5. The van der Waals surface area contributed by atoms with E-state index >= 15 is 0 Å². The van der Waals surface area contributed by atoms with Crippen molar-refractivity contribution >= 4 is 22.9 Å². The summed E-state index contributed by atoms with van der Waals surface area (Å²) in [5.74, 6) is -0.242. The second-order valence-electron chi connectivity index (χ2n) is 13.7. The molecule has 0 N–H and O–H groups in total. The van der Waals surface area contributed by atoms with E-state index in [0.29, 0.717) is 11.1 Å². The largest absolute Gasteiger partial charge is 0.871 e. The van der Waals surface area contributed by atoms with Crippen LogP contribution in [0.4, 0.5) is 11.4 Å². The molecule has 42 heavy (non-hydrogen) atoms. The number of ketones is 1. The van der Waals surface area contributed by atoms with Crippen molar-refractivity contribution in [1.82, 2.24) is 0 Å². The minimum Gasteiger partial charge on any atom is -0.871 e. The molecule has 0 atom stereocenters. The van der Waals surface area contributed by atoms with Crippen molar-refractivity contribution in [3.8, 4) is 0 Å². The van der Waals surface area contributed by atoms with Gasteiger partial charge < -0.3 is 10.0 Å². The lowest BCUT2D eigenvalue weighted by Crippen LogP contribution is -2.35. The highest BCUT2D eigenvalue weighted by Gasteiger charge is 2.46. The maximum absolute atomic E-state index is 13.7. The van der Waals surface area contributed by atoms with Crippen molar-refractivity contribution in [2.45, 2.75) is 103 Å². The second kappa shape index (κ2) is 11.4. The molecule has 0 spiro atoms. The summed E-state index contributed by atoms with van der Waals surface area (Å²) < 4.78 is 2.38. The lowest BCUT2D eigenvalue weighted by atomic mass is 9.77. The van der Waals surface area contributed by atoms with Gasteiger partial charge in [-0.1, -0.05) is 101 Å². The zero-order valence-electron chi connectivity index (χ0n) is 26.0. The van der Waals surface area contributed by atoms with Crippen LogP contribution in [0.3, 0.4) is 0 Å². The third-order valence-electron chi connectivity index (χ3n) is 10.2. The fourth-order valence-electron chi connectivity index (χ4n) is 7.61. The Morgan fingerprint density at radius 1 is 0.714 bits per heavy atom. The van der Waals surface area contributed by atoms with Crippen LogP contribution in [0.1, 0.15) is 103 Å². The normalized spacial score (nSPS) is 23.9. The Hall–Kier alpha value is -3.40. The van der Waals surface area contributed by atoms with Crippen molar-refractivity contribution in [3.05, 3.63) is 94.4 Å². The molecule has 220 valence electrons. The molecular weight excluding hydrogens is 516 g/mol. The smallest absolute Gasteiger partial charge is 0.209 e. The number of para-hydroxylation sites is 2. The Morgan fingerprint density at radius 2 is 1.31 bits per heavy atom.